The Balaban J connectivity index is 2.23. The first kappa shape index (κ1) is 19.0. The van der Waals surface area contributed by atoms with Crippen LogP contribution in [0.3, 0.4) is 0 Å². The molecule has 1 heterocycles. The van der Waals surface area contributed by atoms with Gasteiger partial charge in [0.25, 0.3) is 17.7 Å². The second kappa shape index (κ2) is 10.6. The lowest BCUT2D eigenvalue weighted by atomic mass is 10.3. The van der Waals surface area contributed by atoms with E-state index in [0.29, 0.717) is 5.56 Å². The molecule has 0 bridgehead atoms. The highest BCUT2D eigenvalue weighted by molar-refractivity contribution is 8.00. The zero-order valence-electron chi connectivity index (χ0n) is 13.3. The largest absolute Gasteiger partial charge is 0.343 e. The number of hydrogen-bond acceptors (Lipinski definition) is 5. The zero-order chi connectivity index (χ0) is 17.1. The molecule has 1 aromatic heterocycles. The van der Waals surface area contributed by atoms with E-state index in [2.05, 4.69) is 28.1 Å². The summed E-state index contributed by atoms with van der Waals surface area (Å²) in [6, 6.07) is 3.23. The first-order valence-electron chi connectivity index (χ1n) is 7.43. The minimum absolute atomic E-state index is 0.231. The average molecular weight is 338 g/mol. The number of nitrogens with zero attached hydrogens (tertiary/aromatic N) is 1. The lowest BCUT2D eigenvalue weighted by Crippen LogP contribution is -2.48. The van der Waals surface area contributed by atoms with E-state index in [1.54, 1.807) is 25.3 Å². The van der Waals surface area contributed by atoms with Gasteiger partial charge in [-0.2, -0.15) is 0 Å². The third-order valence-corrected chi connectivity index (χ3v) is 4.13. The number of carbonyl (C=O) groups excluding carboxylic acids is 3. The van der Waals surface area contributed by atoms with Gasteiger partial charge in [0.1, 0.15) is 0 Å². The highest BCUT2D eigenvalue weighted by Gasteiger charge is 2.14. The number of carbonyl (C=O) groups is 3. The Morgan fingerprint density at radius 1 is 1.30 bits per heavy atom. The van der Waals surface area contributed by atoms with Crippen molar-refractivity contribution < 1.29 is 14.4 Å². The smallest absolute Gasteiger partial charge is 0.257 e. The first-order chi connectivity index (χ1) is 11.0. The molecule has 3 amide bonds. The molecule has 0 radical (unpaired) electrons. The summed E-state index contributed by atoms with van der Waals surface area (Å²) in [5, 5.41) is 2.20. The second-order valence-corrected chi connectivity index (χ2v) is 6.28. The fourth-order valence-corrected chi connectivity index (χ4v) is 2.54. The van der Waals surface area contributed by atoms with Gasteiger partial charge in [-0.25, -0.2) is 0 Å². The zero-order valence-corrected chi connectivity index (χ0v) is 14.1. The van der Waals surface area contributed by atoms with Gasteiger partial charge in [-0.1, -0.05) is 13.3 Å². The van der Waals surface area contributed by atoms with Gasteiger partial charge in [-0.15, -0.1) is 11.8 Å². The SMILES string of the molecule is CCCCS[C@@H](C)C(=O)NNC(=O)CNC(=O)c1cccnc1. The van der Waals surface area contributed by atoms with Crippen LogP contribution < -0.4 is 16.2 Å². The quantitative estimate of drug-likeness (QED) is 0.483. The predicted octanol–water partition coefficient (Wildman–Crippen LogP) is 0.881. The number of amides is 3. The first-order valence-corrected chi connectivity index (χ1v) is 8.48. The Labute approximate surface area is 140 Å². The van der Waals surface area contributed by atoms with Crippen LogP contribution in [0.2, 0.25) is 0 Å². The summed E-state index contributed by atoms with van der Waals surface area (Å²) < 4.78 is 0. The normalized spacial score (nSPS) is 11.4. The van der Waals surface area contributed by atoms with Gasteiger partial charge >= 0.3 is 0 Å². The molecule has 1 aromatic rings. The van der Waals surface area contributed by atoms with E-state index < -0.39 is 11.8 Å². The van der Waals surface area contributed by atoms with E-state index in [4.69, 9.17) is 0 Å². The summed E-state index contributed by atoms with van der Waals surface area (Å²) in [6.07, 6.45) is 5.09. The highest BCUT2D eigenvalue weighted by atomic mass is 32.2. The van der Waals surface area contributed by atoms with Gasteiger partial charge in [0, 0.05) is 12.4 Å². The molecule has 126 valence electrons. The summed E-state index contributed by atoms with van der Waals surface area (Å²) in [4.78, 5) is 38.9. The Morgan fingerprint density at radius 2 is 2.09 bits per heavy atom. The third kappa shape index (κ3) is 7.64. The molecule has 0 unspecified atom stereocenters. The Morgan fingerprint density at radius 3 is 2.74 bits per heavy atom. The van der Waals surface area contributed by atoms with Gasteiger partial charge in [0.05, 0.1) is 17.4 Å². The number of hydrogen-bond donors (Lipinski definition) is 3. The minimum Gasteiger partial charge on any atom is -0.343 e. The fourth-order valence-electron chi connectivity index (χ4n) is 1.52. The molecule has 0 saturated carbocycles. The maximum absolute atomic E-state index is 11.8. The van der Waals surface area contributed by atoms with Crippen molar-refractivity contribution in [2.24, 2.45) is 0 Å². The number of unbranched alkanes of at least 4 members (excludes halogenated alkanes) is 1. The molecule has 0 saturated heterocycles. The molecular weight excluding hydrogens is 316 g/mol. The topological polar surface area (TPSA) is 100 Å². The summed E-state index contributed by atoms with van der Waals surface area (Å²) in [5.41, 5.74) is 4.99. The van der Waals surface area contributed by atoms with E-state index in [1.165, 1.54) is 18.0 Å². The van der Waals surface area contributed by atoms with Crippen molar-refractivity contribution in [3.05, 3.63) is 30.1 Å². The molecule has 0 aromatic carbocycles. The van der Waals surface area contributed by atoms with Gasteiger partial charge in [0.2, 0.25) is 0 Å². The van der Waals surface area contributed by atoms with Crippen molar-refractivity contribution in [1.82, 2.24) is 21.2 Å². The third-order valence-electron chi connectivity index (χ3n) is 2.89. The second-order valence-electron chi connectivity index (χ2n) is 4.83. The summed E-state index contributed by atoms with van der Waals surface area (Å²) in [5.74, 6) is -0.261. The molecule has 0 aliphatic heterocycles. The van der Waals surface area contributed by atoms with E-state index in [1.807, 2.05) is 0 Å². The van der Waals surface area contributed by atoms with Crippen molar-refractivity contribution in [3.8, 4) is 0 Å². The molecule has 0 aliphatic carbocycles. The number of rotatable bonds is 8. The fraction of sp³-hybridized carbons (Fsp3) is 0.467. The van der Waals surface area contributed by atoms with E-state index in [0.717, 1.165) is 18.6 Å². The maximum atomic E-state index is 11.8. The van der Waals surface area contributed by atoms with E-state index in [9.17, 15) is 14.4 Å². The van der Waals surface area contributed by atoms with Gasteiger partial charge in [-0.05, 0) is 31.2 Å². The lowest BCUT2D eigenvalue weighted by molar-refractivity contribution is -0.127. The molecule has 1 atom stereocenters. The Bertz CT molecular complexity index is 525. The Kier molecular flexibility index (Phi) is 8.74. The summed E-state index contributed by atoms with van der Waals surface area (Å²) >= 11 is 1.54. The van der Waals surface area contributed by atoms with Crippen LogP contribution in [-0.2, 0) is 9.59 Å². The number of aromatic nitrogens is 1. The van der Waals surface area contributed by atoms with Crippen LogP contribution in [0.1, 0.15) is 37.0 Å². The van der Waals surface area contributed by atoms with Crippen LogP contribution in [-0.4, -0.2) is 40.3 Å². The monoisotopic (exact) mass is 338 g/mol. The number of pyridine rings is 1. The molecule has 0 spiro atoms. The van der Waals surface area contributed by atoms with Crippen LogP contribution in [0, 0.1) is 0 Å². The summed E-state index contributed by atoms with van der Waals surface area (Å²) in [6.45, 7) is 3.64. The maximum Gasteiger partial charge on any atom is 0.257 e. The van der Waals surface area contributed by atoms with Crippen molar-refractivity contribution in [3.63, 3.8) is 0 Å². The van der Waals surface area contributed by atoms with Crippen molar-refractivity contribution in [1.29, 1.82) is 0 Å². The molecule has 23 heavy (non-hydrogen) atoms. The van der Waals surface area contributed by atoms with Gasteiger partial charge in [-0.3, -0.25) is 30.2 Å². The van der Waals surface area contributed by atoms with Crippen LogP contribution in [0.25, 0.3) is 0 Å². The molecule has 0 aliphatic rings. The molecule has 1 rings (SSSR count). The molecule has 3 N–H and O–H groups in total. The van der Waals surface area contributed by atoms with Crippen molar-refractivity contribution in [2.75, 3.05) is 12.3 Å². The average Bonchev–Trinajstić information content (AvgIpc) is 2.58. The minimum atomic E-state index is -0.499. The predicted molar refractivity (Wildman–Crippen MR) is 89.7 cm³/mol. The van der Waals surface area contributed by atoms with Crippen LogP contribution in [0.5, 0.6) is 0 Å². The summed E-state index contributed by atoms with van der Waals surface area (Å²) in [7, 11) is 0. The number of nitrogens with one attached hydrogen (secondary N) is 3. The van der Waals surface area contributed by atoms with Crippen molar-refractivity contribution in [2.45, 2.75) is 31.9 Å². The van der Waals surface area contributed by atoms with Crippen LogP contribution >= 0.6 is 11.8 Å². The number of hydrazine groups is 1. The van der Waals surface area contributed by atoms with E-state index >= 15 is 0 Å². The highest BCUT2D eigenvalue weighted by Crippen LogP contribution is 2.12. The molecular formula is C15H22N4O3S. The van der Waals surface area contributed by atoms with Crippen LogP contribution in [0.15, 0.2) is 24.5 Å². The molecule has 7 nitrogen and oxygen atoms in total. The lowest BCUT2D eigenvalue weighted by Gasteiger charge is -2.12. The van der Waals surface area contributed by atoms with Crippen LogP contribution in [0.4, 0.5) is 0 Å². The number of thioether (sulfide) groups is 1. The molecule has 8 heteroatoms. The standard InChI is InChI=1S/C15H22N4O3S/c1-3-4-8-23-11(2)14(21)19-18-13(20)10-17-15(22)12-6-5-7-16-9-12/h5-7,9,11H,3-4,8,10H2,1-2H3,(H,17,22)(H,18,20)(H,19,21)/t11-/m0/s1. The van der Waals surface area contributed by atoms with E-state index in [-0.39, 0.29) is 17.7 Å². The van der Waals surface area contributed by atoms with Gasteiger partial charge < -0.3 is 5.32 Å². The molecule has 0 fully saturated rings. The Hall–Kier alpha value is -2.09. The van der Waals surface area contributed by atoms with Gasteiger partial charge in [0.15, 0.2) is 0 Å². The van der Waals surface area contributed by atoms with Crippen molar-refractivity contribution >= 4 is 29.5 Å².